The molecule has 1 amide bonds. The van der Waals surface area contributed by atoms with Crippen molar-refractivity contribution in [3.63, 3.8) is 0 Å². The number of benzene rings is 1. The van der Waals surface area contributed by atoms with E-state index in [1.165, 1.54) is 12.8 Å². The Hall–Kier alpha value is -1.04. The summed E-state index contributed by atoms with van der Waals surface area (Å²) in [7, 11) is 0. The van der Waals surface area contributed by atoms with Crippen molar-refractivity contribution in [1.29, 1.82) is 0 Å². The quantitative estimate of drug-likeness (QED) is 0.859. The summed E-state index contributed by atoms with van der Waals surface area (Å²) in [5.74, 6) is 0.0505. The third-order valence-electron chi connectivity index (χ3n) is 4.90. The van der Waals surface area contributed by atoms with E-state index in [4.69, 9.17) is 0 Å². The van der Waals surface area contributed by atoms with E-state index in [-0.39, 0.29) is 5.91 Å². The van der Waals surface area contributed by atoms with Crippen LogP contribution < -0.4 is 0 Å². The number of carbonyl (C=O) groups excluding carboxylic acids is 1. The van der Waals surface area contributed by atoms with Gasteiger partial charge in [0.05, 0.1) is 17.7 Å². The zero-order chi connectivity index (χ0) is 16.3. The summed E-state index contributed by atoms with van der Waals surface area (Å²) in [4.78, 5) is 18.1. The van der Waals surface area contributed by atoms with Crippen LogP contribution in [0, 0.1) is 0 Å². The maximum Gasteiger partial charge on any atom is 0.255 e. The first-order valence-electron chi connectivity index (χ1n) is 8.48. The number of carbonyl (C=O) groups is 1. The highest BCUT2D eigenvalue weighted by atomic mass is 32.2. The summed E-state index contributed by atoms with van der Waals surface area (Å²) in [6, 6.07) is 7.75. The van der Waals surface area contributed by atoms with Gasteiger partial charge < -0.3 is 14.9 Å². The van der Waals surface area contributed by atoms with Gasteiger partial charge >= 0.3 is 0 Å². The lowest BCUT2D eigenvalue weighted by atomic mass is 9.91. The first-order valence-corrected chi connectivity index (χ1v) is 9.71. The van der Waals surface area contributed by atoms with Crippen LogP contribution in [0.5, 0.6) is 0 Å². The second kappa shape index (κ2) is 7.24. The van der Waals surface area contributed by atoms with Crippen LogP contribution in [0.4, 0.5) is 0 Å². The lowest BCUT2D eigenvalue weighted by molar-refractivity contribution is -0.0431. The molecular weight excluding hydrogens is 308 g/mol. The number of piperidine rings is 1. The van der Waals surface area contributed by atoms with Crippen LogP contribution in [0.1, 0.15) is 36.0 Å². The molecule has 23 heavy (non-hydrogen) atoms. The van der Waals surface area contributed by atoms with Gasteiger partial charge in [-0.05, 0) is 57.2 Å². The number of hydrogen-bond acceptors (Lipinski definition) is 4. The molecule has 1 unspecified atom stereocenters. The normalized spacial score (nSPS) is 25.7. The SMILES string of the molecule is CSc1ccccc1C(=O)N1CCCC(O)(CN2CCCC2)C1. The van der Waals surface area contributed by atoms with E-state index < -0.39 is 5.60 Å². The molecule has 0 radical (unpaired) electrons. The summed E-state index contributed by atoms with van der Waals surface area (Å²) in [5.41, 5.74) is -0.00237. The van der Waals surface area contributed by atoms with E-state index in [1.807, 2.05) is 35.4 Å². The van der Waals surface area contributed by atoms with E-state index in [1.54, 1.807) is 11.8 Å². The van der Waals surface area contributed by atoms with Crippen molar-refractivity contribution in [2.45, 2.75) is 36.2 Å². The number of amides is 1. The molecule has 0 aliphatic carbocycles. The van der Waals surface area contributed by atoms with Crippen molar-refractivity contribution in [1.82, 2.24) is 9.80 Å². The Labute approximate surface area is 142 Å². The van der Waals surface area contributed by atoms with Gasteiger partial charge in [0.1, 0.15) is 0 Å². The van der Waals surface area contributed by atoms with Gasteiger partial charge in [0.15, 0.2) is 0 Å². The fraction of sp³-hybridized carbons (Fsp3) is 0.611. The van der Waals surface area contributed by atoms with Crippen LogP contribution in [-0.4, -0.2) is 65.4 Å². The van der Waals surface area contributed by atoms with Crippen molar-refractivity contribution in [3.05, 3.63) is 29.8 Å². The Morgan fingerprint density at radius 2 is 1.96 bits per heavy atom. The molecule has 1 aromatic rings. The average Bonchev–Trinajstić information content (AvgIpc) is 3.06. The molecule has 1 aromatic carbocycles. The molecule has 0 saturated carbocycles. The highest BCUT2D eigenvalue weighted by Crippen LogP contribution is 2.27. The highest BCUT2D eigenvalue weighted by Gasteiger charge is 2.37. The summed E-state index contributed by atoms with van der Waals surface area (Å²) >= 11 is 1.60. The molecule has 1 N–H and O–H groups in total. The van der Waals surface area contributed by atoms with Crippen molar-refractivity contribution < 1.29 is 9.90 Å². The molecule has 0 spiro atoms. The van der Waals surface area contributed by atoms with E-state index >= 15 is 0 Å². The van der Waals surface area contributed by atoms with E-state index in [0.29, 0.717) is 13.1 Å². The monoisotopic (exact) mass is 334 g/mol. The highest BCUT2D eigenvalue weighted by molar-refractivity contribution is 7.98. The lowest BCUT2D eigenvalue weighted by Gasteiger charge is -2.41. The van der Waals surface area contributed by atoms with Crippen LogP contribution >= 0.6 is 11.8 Å². The third kappa shape index (κ3) is 3.90. The fourth-order valence-corrected chi connectivity index (χ4v) is 4.35. The minimum Gasteiger partial charge on any atom is -0.387 e. The van der Waals surface area contributed by atoms with Gasteiger partial charge in [-0.25, -0.2) is 0 Å². The number of likely N-dealkylation sites (tertiary alicyclic amines) is 2. The summed E-state index contributed by atoms with van der Waals surface area (Å²) in [6.07, 6.45) is 6.10. The van der Waals surface area contributed by atoms with Gasteiger partial charge in [-0.3, -0.25) is 4.79 Å². The molecule has 5 heteroatoms. The minimum atomic E-state index is -0.757. The average molecular weight is 334 g/mol. The van der Waals surface area contributed by atoms with Gasteiger partial charge in [-0.2, -0.15) is 0 Å². The number of rotatable bonds is 4. The number of hydrogen-bond donors (Lipinski definition) is 1. The smallest absolute Gasteiger partial charge is 0.255 e. The minimum absolute atomic E-state index is 0.0505. The van der Waals surface area contributed by atoms with E-state index in [2.05, 4.69) is 4.90 Å². The van der Waals surface area contributed by atoms with E-state index in [0.717, 1.165) is 42.9 Å². The van der Waals surface area contributed by atoms with Crippen molar-refractivity contribution >= 4 is 17.7 Å². The Morgan fingerprint density at radius 1 is 1.22 bits per heavy atom. The van der Waals surface area contributed by atoms with Crippen molar-refractivity contribution in [2.24, 2.45) is 0 Å². The van der Waals surface area contributed by atoms with Crippen molar-refractivity contribution in [2.75, 3.05) is 39.0 Å². The Balaban J connectivity index is 1.71. The molecule has 2 heterocycles. The standard InChI is InChI=1S/C18H26N2O2S/c1-23-16-8-3-2-7-15(16)17(21)20-12-6-9-18(22,14-20)13-19-10-4-5-11-19/h2-3,7-8,22H,4-6,9-14H2,1H3. The first-order chi connectivity index (χ1) is 11.1. The predicted molar refractivity (Wildman–Crippen MR) is 94.0 cm³/mol. The zero-order valence-corrected chi connectivity index (χ0v) is 14.6. The molecule has 2 aliphatic heterocycles. The molecule has 0 aromatic heterocycles. The lowest BCUT2D eigenvalue weighted by Crippen LogP contribution is -2.55. The fourth-order valence-electron chi connectivity index (χ4n) is 3.76. The van der Waals surface area contributed by atoms with Gasteiger partial charge in [0.25, 0.3) is 5.91 Å². The van der Waals surface area contributed by atoms with Gasteiger partial charge in [0.2, 0.25) is 0 Å². The molecular formula is C18H26N2O2S. The van der Waals surface area contributed by atoms with Gasteiger partial charge in [0, 0.05) is 18.0 Å². The predicted octanol–water partition coefficient (Wildman–Crippen LogP) is 2.47. The number of β-amino-alcohol motifs (C(OH)–C–C–N with tert-alkyl or cyclic N) is 1. The molecule has 2 saturated heterocycles. The number of aliphatic hydroxyl groups is 1. The summed E-state index contributed by atoms with van der Waals surface area (Å²) in [6.45, 7) is 4.03. The van der Waals surface area contributed by atoms with Crippen LogP contribution in [0.3, 0.4) is 0 Å². The topological polar surface area (TPSA) is 43.8 Å². The Kier molecular flexibility index (Phi) is 5.29. The van der Waals surface area contributed by atoms with Gasteiger partial charge in [-0.15, -0.1) is 11.8 Å². The molecule has 3 rings (SSSR count). The van der Waals surface area contributed by atoms with Crippen LogP contribution in [0.15, 0.2) is 29.2 Å². The second-order valence-electron chi connectivity index (χ2n) is 6.74. The third-order valence-corrected chi connectivity index (χ3v) is 5.69. The summed E-state index contributed by atoms with van der Waals surface area (Å²) < 4.78 is 0. The first kappa shape index (κ1) is 16.8. The van der Waals surface area contributed by atoms with Crippen LogP contribution in [-0.2, 0) is 0 Å². The van der Waals surface area contributed by atoms with Crippen LogP contribution in [0.25, 0.3) is 0 Å². The molecule has 0 bridgehead atoms. The largest absolute Gasteiger partial charge is 0.387 e. The number of nitrogens with zero attached hydrogens (tertiary/aromatic N) is 2. The molecule has 2 fully saturated rings. The maximum atomic E-state index is 12.9. The zero-order valence-electron chi connectivity index (χ0n) is 13.8. The number of thioether (sulfide) groups is 1. The Morgan fingerprint density at radius 3 is 2.70 bits per heavy atom. The molecule has 4 nitrogen and oxygen atoms in total. The molecule has 1 atom stereocenters. The second-order valence-corrected chi connectivity index (χ2v) is 7.59. The maximum absolute atomic E-state index is 12.9. The summed E-state index contributed by atoms with van der Waals surface area (Å²) in [5, 5.41) is 11.0. The Bertz CT molecular complexity index is 560. The van der Waals surface area contributed by atoms with E-state index in [9.17, 15) is 9.90 Å². The molecule has 2 aliphatic rings. The van der Waals surface area contributed by atoms with Gasteiger partial charge in [-0.1, -0.05) is 12.1 Å². The van der Waals surface area contributed by atoms with Crippen molar-refractivity contribution in [3.8, 4) is 0 Å². The van der Waals surface area contributed by atoms with Crippen LogP contribution in [0.2, 0.25) is 0 Å². The molecule has 126 valence electrons.